The minimum absolute atomic E-state index is 0.0316. The van der Waals surface area contributed by atoms with Crippen LogP contribution in [0.1, 0.15) is 53.9 Å². The first-order chi connectivity index (χ1) is 9.33. The second-order valence-electron chi connectivity index (χ2n) is 6.81. The molecule has 1 rings (SSSR count). The van der Waals surface area contributed by atoms with E-state index in [-0.39, 0.29) is 24.0 Å². The number of amides is 1. The van der Waals surface area contributed by atoms with Crippen molar-refractivity contribution >= 4 is 5.91 Å². The number of likely N-dealkylation sites (tertiary alicyclic amines) is 1. The van der Waals surface area contributed by atoms with E-state index in [1.54, 1.807) is 0 Å². The maximum absolute atomic E-state index is 11.9. The van der Waals surface area contributed by atoms with Crippen LogP contribution in [0.4, 0.5) is 0 Å². The van der Waals surface area contributed by atoms with Gasteiger partial charge in [0.1, 0.15) is 0 Å². The van der Waals surface area contributed by atoms with Gasteiger partial charge in [0.2, 0.25) is 5.91 Å². The van der Waals surface area contributed by atoms with Crippen molar-refractivity contribution in [3.05, 3.63) is 0 Å². The fourth-order valence-corrected chi connectivity index (χ4v) is 2.86. The summed E-state index contributed by atoms with van der Waals surface area (Å²) in [5.74, 6) is 0.637. The molecule has 0 aliphatic carbocycles. The lowest BCUT2D eigenvalue weighted by molar-refractivity contribution is -0.125. The van der Waals surface area contributed by atoms with Gasteiger partial charge in [-0.3, -0.25) is 9.69 Å². The van der Waals surface area contributed by atoms with Gasteiger partial charge >= 0.3 is 0 Å². The fraction of sp³-hybridized carbons (Fsp3) is 0.938. The first-order valence-corrected chi connectivity index (χ1v) is 8.05. The van der Waals surface area contributed by atoms with Crippen molar-refractivity contribution in [2.24, 2.45) is 11.8 Å². The first-order valence-electron chi connectivity index (χ1n) is 8.05. The van der Waals surface area contributed by atoms with E-state index < -0.39 is 0 Å². The molecule has 1 fully saturated rings. The highest BCUT2D eigenvalue weighted by atomic mass is 16.3. The van der Waals surface area contributed by atoms with Crippen LogP contribution in [-0.2, 0) is 4.79 Å². The minimum Gasteiger partial charge on any atom is -0.393 e. The number of aliphatic hydroxyl groups is 1. The summed E-state index contributed by atoms with van der Waals surface area (Å²) in [6.45, 7) is 12.2. The molecule has 0 aromatic heterocycles. The average molecular weight is 284 g/mol. The second-order valence-corrected chi connectivity index (χ2v) is 6.81. The molecular weight excluding hydrogens is 252 g/mol. The van der Waals surface area contributed by atoms with Gasteiger partial charge in [-0.1, -0.05) is 20.8 Å². The summed E-state index contributed by atoms with van der Waals surface area (Å²) in [5, 5.41) is 13.0. The number of rotatable bonds is 6. The smallest absolute Gasteiger partial charge is 0.222 e. The Kier molecular flexibility index (Phi) is 6.96. The van der Waals surface area contributed by atoms with Crippen molar-refractivity contribution in [1.29, 1.82) is 0 Å². The number of hydrogen-bond donors (Lipinski definition) is 2. The molecule has 4 heteroatoms. The Balaban J connectivity index is 2.63. The Morgan fingerprint density at radius 3 is 2.45 bits per heavy atom. The van der Waals surface area contributed by atoms with E-state index in [9.17, 15) is 9.90 Å². The minimum atomic E-state index is -0.214. The summed E-state index contributed by atoms with van der Waals surface area (Å²) in [7, 11) is 0. The molecule has 1 saturated heterocycles. The number of nitrogens with one attached hydrogen (secondary N) is 1. The van der Waals surface area contributed by atoms with Crippen LogP contribution in [0, 0.1) is 11.8 Å². The van der Waals surface area contributed by atoms with E-state index >= 15 is 0 Å². The van der Waals surface area contributed by atoms with Crippen LogP contribution in [0.3, 0.4) is 0 Å². The summed E-state index contributed by atoms with van der Waals surface area (Å²) >= 11 is 0. The second kappa shape index (κ2) is 7.99. The summed E-state index contributed by atoms with van der Waals surface area (Å²) in [4.78, 5) is 14.3. The molecule has 0 bridgehead atoms. The largest absolute Gasteiger partial charge is 0.393 e. The van der Waals surface area contributed by atoms with Gasteiger partial charge in [0, 0.05) is 31.1 Å². The average Bonchev–Trinajstić information content (AvgIpc) is 2.37. The highest BCUT2D eigenvalue weighted by molar-refractivity contribution is 5.78. The molecule has 0 spiro atoms. The maximum atomic E-state index is 11.9. The zero-order valence-corrected chi connectivity index (χ0v) is 13.7. The zero-order valence-electron chi connectivity index (χ0n) is 13.7. The molecule has 4 nitrogen and oxygen atoms in total. The Morgan fingerprint density at radius 2 is 1.95 bits per heavy atom. The molecule has 3 unspecified atom stereocenters. The number of piperidine rings is 1. The number of hydrogen-bond acceptors (Lipinski definition) is 3. The third-order valence-electron chi connectivity index (χ3n) is 4.24. The van der Waals surface area contributed by atoms with Gasteiger partial charge in [-0.2, -0.15) is 0 Å². The number of nitrogens with zero attached hydrogens (tertiary/aromatic N) is 1. The van der Waals surface area contributed by atoms with Crippen molar-refractivity contribution in [3.8, 4) is 0 Å². The van der Waals surface area contributed by atoms with E-state index in [0.29, 0.717) is 12.0 Å². The van der Waals surface area contributed by atoms with Crippen LogP contribution < -0.4 is 5.32 Å². The predicted octanol–water partition coefficient (Wildman–Crippen LogP) is 2.02. The van der Waals surface area contributed by atoms with Gasteiger partial charge in [0.15, 0.2) is 0 Å². The Morgan fingerprint density at radius 1 is 1.30 bits per heavy atom. The highest BCUT2D eigenvalue weighted by Gasteiger charge is 2.30. The Labute approximate surface area is 123 Å². The van der Waals surface area contributed by atoms with Gasteiger partial charge in [0.25, 0.3) is 0 Å². The summed E-state index contributed by atoms with van der Waals surface area (Å²) in [6, 6.07) is 0.699. The van der Waals surface area contributed by atoms with Gasteiger partial charge in [-0.05, 0) is 39.0 Å². The lowest BCUT2D eigenvalue weighted by Crippen LogP contribution is -2.53. The third-order valence-corrected chi connectivity index (χ3v) is 4.24. The van der Waals surface area contributed by atoms with Crippen molar-refractivity contribution in [3.63, 3.8) is 0 Å². The van der Waals surface area contributed by atoms with Gasteiger partial charge in [-0.15, -0.1) is 0 Å². The van der Waals surface area contributed by atoms with Crippen molar-refractivity contribution in [1.82, 2.24) is 10.2 Å². The maximum Gasteiger partial charge on any atom is 0.222 e. The highest BCUT2D eigenvalue weighted by Crippen LogP contribution is 2.24. The van der Waals surface area contributed by atoms with Crippen LogP contribution in [0.15, 0.2) is 0 Å². The van der Waals surface area contributed by atoms with Crippen LogP contribution in [0.25, 0.3) is 0 Å². The van der Waals surface area contributed by atoms with E-state index in [2.05, 4.69) is 24.1 Å². The zero-order chi connectivity index (χ0) is 15.3. The molecule has 1 aliphatic rings. The molecule has 0 radical (unpaired) electrons. The fourth-order valence-electron chi connectivity index (χ4n) is 2.86. The molecule has 118 valence electrons. The van der Waals surface area contributed by atoms with E-state index in [4.69, 9.17) is 0 Å². The Bertz CT molecular complexity index is 305. The number of carbonyl (C=O) groups is 1. The van der Waals surface area contributed by atoms with Gasteiger partial charge < -0.3 is 10.4 Å². The van der Waals surface area contributed by atoms with Gasteiger partial charge in [0.05, 0.1) is 6.10 Å². The number of aliphatic hydroxyl groups excluding tert-OH is 1. The molecule has 2 N–H and O–H groups in total. The van der Waals surface area contributed by atoms with E-state index in [1.807, 2.05) is 20.8 Å². The molecule has 0 aromatic rings. The molecule has 3 atom stereocenters. The molecule has 20 heavy (non-hydrogen) atoms. The molecular formula is C16H32N2O2. The van der Waals surface area contributed by atoms with Crippen molar-refractivity contribution in [2.45, 2.75) is 72.1 Å². The molecule has 1 aliphatic heterocycles. The quantitative estimate of drug-likeness (QED) is 0.784. The van der Waals surface area contributed by atoms with Gasteiger partial charge in [-0.25, -0.2) is 0 Å². The normalized spacial score (nSPS) is 26.0. The summed E-state index contributed by atoms with van der Waals surface area (Å²) < 4.78 is 0. The number of carbonyl (C=O) groups excluding carboxylic acids is 1. The Hall–Kier alpha value is -0.610. The predicted molar refractivity (Wildman–Crippen MR) is 82.5 cm³/mol. The van der Waals surface area contributed by atoms with Crippen LogP contribution in [-0.4, -0.2) is 47.2 Å². The summed E-state index contributed by atoms with van der Waals surface area (Å²) in [5.41, 5.74) is 0. The standard InChI is InChI=1S/C16H32N2O2/c1-6-15(19)8-13-7-14(17-16(20)11(2)3)10-18(9-13)12(4)5/h11-15,19H,6-10H2,1-5H3,(H,17,20). The lowest BCUT2D eigenvalue weighted by atomic mass is 9.88. The molecule has 1 amide bonds. The van der Waals surface area contributed by atoms with Crippen LogP contribution >= 0.6 is 0 Å². The van der Waals surface area contributed by atoms with Crippen LogP contribution in [0.5, 0.6) is 0 Å². The SMILES string of the molecule is CCC(O)CC1CC(NC(=O)C(C)C)CN(C(C)C)C1. The lowest BCUT2D eigenvalue weighted by Gasteiger charge is -2.41. The van der Waals surface area contributed by atoms with Crippen molar-refractivity contribution < 1.29 is 9.90 Å². The van der Waals surface area contributed by atoms with E-state index in [0.717, 1.165) is 32.4 Å². The monoisotopic (exact) mass is 284 g/mol. The molecule has 0 saturated carbocycles. The molecule has 0 aromatic carbocycles. The van der Waals surface area contributed by atoms with E-state index in [1.165, 1.54) is 0 Å². The first kappa shape index (κ1) is 17.4. The summed E-state index contributed by atoms with van der Waals surface area (Å²) in [6.07, 6.45) is 2.42. The topological polar surface area (TPSA) is 52.6 Å². The van der Waals surface area contributed by atoms with Crippen LogP contribution in [0.2, 0.25) is 0 Å². The molecule has 1 heterocycles. The van der Waals surface area contributed by atoms with Crippen molar-refractivity contribution in [2.75, 3.05) is 13.1 Å². The third kappa shape index (κ3) is 5.41.